The van der Waals surface area contributed by atoms with Crippen LogP contribution in [0.1, 0.15) is 61.3 Å². The van der Waals surface area contributed by atoms with Gasteiger partial charge in [0, 0.05) is 54.1 Å². The second kappa shape index (κ2) is 9.85. The fourth-order valence-corrected chi connectivity index (χ4v) is 3.53. The number of hydrogen-bond donors (Lipinski definition) is 2. The molecule has 160 valence electrons. The van der Waals surface area contributed by atoms with E-state index in [0.29, 0.717) is 41.5 Å². The molecule has 2 amide bonds. The van der Waals surface area contributed by atoms with Gasteiger partial charge < -0.3 is 10.6 Å². The summed E-state index contributed by atoms with van der Waals surface area (Å²) in [5.74, 6) is -0.145. The maximum absolute atomic E-state index is 12.6. The molecule has 1 aliphatic rings. The van der Waals surface area contributed by atoms with E-state index in [0.717, 1.165) is 24.9 Å². The second-order valence-corrected chi connectivity index (χ2v) is 8.44. The first-order valence-electron chi connectivity index (χ1n) is 10.8. The zero-order valence-corrected chi connectivity index (χ0v) is 18.3. The summed E-state index contributed by atoms with van der Waals surface area (Å²) in [7, 11) is 0. The lowest BCUT2D eigenvalue weighted by molar-refractivity contribution is 0.0935. The van der Waals surface area contributed by atoms with Gasteiger partial charge in [0.15, 0.2) is 0 Å². The highest BCUT2D eigenvalue weighted by atomic mass is 16.2. The normalized spacial score (nSPS) is 13.7. The Morgan fingerprint density at radius 3 is 2.27 bits per heavy atom. The Kier molecular flexibility index (Phi) is 7.21. The van der Waals surface area contributed by atoms with Gasteiger partial charge in [0.05, 0.1) is 5.69 Å². The maximum Gasteiger partial charge on any atom is 0.251 e. The molecule has 0 aliphatic heterocycles. The van der Waals surface area contributed by atoms with Crippen molar-refractivity contribution in [1.29, 1.82) is 0 Å². The van der Waals surface area contributed by atoms with Crippen LogP contribution in [0.3, 0.4) is 0 Å². The topological polar surface area (TPSA) is 74.3 Å². The summed E-state index contributed by atoms with van der Waals surface area (Å²) >= 11 is 0. The fraction of sp³-hybridized carbons (Fsp3) is 0.458. The molecule has 6 nitrogen and oxygen atoms in total. The van der Waals surface area contributed by atoms with Crippen LogP contribution in [0.4, 0.5) is 0 Å². The van der Waals surface area contributed by atoms with E-state index in [1.807, 2.05) is 12.1 Å². The Hall–Kier alpha value is -2.73. The van der Waals surface area contributed by atoms with Gasteiger partial charge >= 0.3 is 0 Å². The van der Waals surface area contributed by atoms with E-state index >= 15 is 0 Å². The predicted molar refractivity (Wildman–Crippen MR) is 119 cm³/mol. The lowest BCUT2D eigenvalue weighted by Gasteiger charge is -2.30. The number of hydrogen-bond acceptors (Lipinski definition) is 4. The zero-order valence-electron chi connectivity index (χ0n) is 18.3. The van der Waals surface area contributed by atoms with E-state index in [9.17, 15) is 9.59 Å². The number of pyridine rings is 1. The molecular weight excluding hydrogens is 376 g/mol. The van der Waals surface area contributed by atoms with Crippen LogP contribution in [-0.2, 0) is 0 Å². The molecule has 1 saturated carbocycles. The molecule has 0 radical (unpaired) electrons. The van der Waals surface area contributed by atoms with Gasteiger partial charge in [-0.1, -0.05) is 12.1 Å². The van der Waals surface area contributed by atoms with E-state index in [2.05, 4.69) is 48.2 Å². The van der Waals surface area contributed by atoms with Gasteiger partial charge in [-0.2, -0.15) is 0 Å². The van der Waals surface area contributed by atoms with Gasteiger partial charge in [-0.05, 0) is 64.8 Å². The van der Waals surface area contributed by atoms with Crippen LogP contribution in [0.2, 0.25) is 0 Å². The van der Waals surface area contributed by atoms with Crippen LogP contribution < -0.4 is 10.6 Å². The van der Waals surface area contributed by atoms with Gasteiger partial charge in [-0.15, -0.1) is 0 Å². The average molecular weight is 409 g/mol. The van der Waals surface area contributed by atoms with Crippen LogP contribution in [0.25, 0.3) is 11.3 Å². The summed E-state index contributed by atoms with van der Waals surface area (Å²) in [6.07, 6.45) is 3.78. The fourth-order valence-electron chi connectivity index (χ4n) is 3.53. The van der Waals surface area contributed by atoms with Crippen molar-refractivity contribution in [1.82, 2.24) is 20.5 Å². The Morgan fingerprint density at radius 1 is 1.00 bits per heavy atom. The summed E-state index contributed by atoms with van der Waals surface area (Å²) in [4.78, 5) is 31.5. The first-order chi connectivity index (χ1) is 14.3. The molecule has 0 atom stereocenters. The number of nitrogens with zero attached hydrogens (tertiary/aromatic N) is 2. The third-order valence-electron chi connectivity index (χ3n) is 5.36. The Bertz CT molecular complexity index is 865. The summed E-state index contributed by atoms with van der Waals surface area (Å²) in [5, 5.41) is 5.99. The third-order valence-corrected chi connectivity index (χ3v) is 5.36. The highest BCUT2D eigenvalue weighted by Gasteiger charge is 2.23. The van der Waals surface area contributed by atoms with Crippen LogP contribution >= 0.6 is 0 Å². The number of amides is 2. The monoisotopic (exact) mass is 408 g/mol. The summed E-state index contributed by atoms with van der Waals surface area (Å²) in [6.45, 7) is 10.1. The molecule has 0 saturated heterocycles. The molecule has 1 aliphatic carbocycles. The third kappa shape index (κ3) is 5.89. The highest BCUT2D eigenvalue weighted by Crippen LogP contribution is 2.21. The number of aromatic nitrogens is 1. The van der Waals surface area contributed by atoms with Crippen LogP contribution in [0.15, 0.2) is 42.6 Å². The molecule has 0 spiro atoms. The van der Waals surface area contributed by atoms with Crippen molar-refractivity contribution in [2.75, 3.05) is 13.1 Å². The smallest absolute Gasteiger partial charge is 0.251 e. The Morgan fingerprint density at radius 2 is 1.67 bits per heavy atom. The molecule has 1 aromatic heterocycles. The predicted octanol–water partition coefficient (Wildman–Crippen LogP) is 3.49. The standard InChI is InChI=1S/C24H32N4O2/c1-16(2)28(17(3)4)14-13-26-23(29)20-11-12-25-22(15-20)18-5-7-19(8-6-18)24(30)27-21-9-10-21/h5-8,11-12,15-17,21H,9-10,13-14H2,1-4H3,(H,26,29)(H,27,30). The van der Waals surface area contributed by atoms with Crippen molar-refractivity contribution in [2.45, 2.75) is 58.7 Å². The van der Waals surface area contributed by atoms with E-state index in [1.165, 1.54) is 0 Å². The quantitative estimate of drug-likeness (QED) is 0.666. The lowest BCUT2D eigenvalue weighted by Crippen LogP contribution is -2.42. The van der Waals surface area contributed by atoms with Crippen molar-refractivity contribution in [2.24, 2.45) is 0 Å². The van der Waals surface area contributed by atoms with E-state index in [1.54, 1.807) is 30.5 Å². The van der Waals surface area contributed by atoms with Crippen molar-refractivity contribution < 1.29 is 9.59 Å². The molecule has 2 N–H and O–H groups in total. The van der Waals surface area contributed by atoms with Crippen LogP contribution in [0, 0.1) is 0 Å². The van der Waals surface area contributed by atoms with Crippen LogP contribution in [-0.4, -0.2) is 52.9 Å². The molecule has 1 fully saturated rings. The SMILES string of the molecule is CC(C)N(CCNC(=O)c1ccnc(-c2ccc(C(=O)NC3CC3)cc2)c1)C(C)C. The molecule has 0 unspecified atom stereocenters. The molecule has 2 aromatic rings. The van der Waals surface area contributed by atoms with E-state index in [4.69, 9.17) is 0 Å². The van der Waals surface area contributed by atoms with Crippen molar-refractivity contribution in [3.8, 4) is 11.3 Å². The van der Waals surface area contributed by atoms with Crippen molar-refractivity contribution in [3.63, 3.8) is 0 Å². The Labute approximate surface area is 179 Å². The molecule has 1 aromatic carbocycles. The molecule has 30 heavy (non-hydrogen) atoms. The summed E-state index contributed by atoms with van der Waals surface area (Å²) < 4.78 is 0. The molecule has 0 bridgehead atoms. The van der Waals surface area contributed by atoms with Gasteiger partial charge in [-0.3, -0.25) is 19.5 Å². The Balaban J connectivity index is 1.61. The molecular formula is C24H32N4O2. The zero-order chi connectivity index (χ0) is 21.7. The van der Waals surface area contributed by atoms with Gasteiger partial charge in [0.25, 0.3) is 11.8 Å². The van der Waals surface area contributed by atoms with E-state index in [-0.39, 0.29) is 11.8 Å². The molecule has 1 heterocycles. The highest BCUT2D eigenvalue weighted by molar-refractivity contribution is 5.96. The second-order valence-electron chi connectivity index (χ2n) is 8.44. The molecule has 6 heteroatoms. The van der Waals surface area contributed by atoms with Gasteiger partial charge in [0.2, 0.25) is 0 Å². The van der Waals surface area contributed by atoms with E-state index < -0.39 is 0 Å². The van der Waals surface area contributed by atoms with Crippen molar-refractivity contribution >= 4 is 11.8 Å². The number of benzene rings is 1. The minimum atomic E-state index is -0.105. The largest absolute Gasteiger partial charge is 0.351 e. The average Bonchev–Trinajstić information content (AvgIpc) is 3.54. The van der Waals surface area contributed by atoms with Gasteiger partial charge in [-0.25, -0.2) is 0 Å². The number of rotatable bonds is 9. The minimum absolute atomic E-state index is 0.0398. The maximum atomic E-state index is 12.6. The summed E-state index contributed by atoms with van der Waals surface area (Å²) in [5.41, 5.74) is 2.80. The minimum Gasteiger partial charge on any atom is -0.351 e. The number of carbonyl (C=O) groups excluding carboxylic acids is 2. The number of nitrogens with one attached hydrogen (secondary N) is 2. The van der Waals surface area contributed by atoms with Gasteiger partial charge in [0.1, 0.15) is 0 Å². The first-order valence-corrected chi connectivity index (χ1v) is 10.8. The number of carbonyl (C=O) groups is 2. The van der Waals surface area contributed by atoms with Crippen molar-refractivity contribution in [3.05, 3.63) is 53.7 Å². The molecule has 3 rings (SSSR count). The summed E-state index contributed by atoms with van der Waals surface area (Å²) in [6, 6.07) is 12.1. The van der Waals surface area contributed by atoms with Crippen LogP contribution in [0.5, 0.6) is 0 Å². The first kappa shape index (κ1) is 22.0. The lowest BCUT2D eigenvalue weighted by atomic mass is 10.1.